The lowest BCUT2D eigenvalue weighted by atomic mass is 9.94. The fourth-order valence-electron chi connectivity index (χ4n) is 2.72. The van der Waals surface area contributed by atoms with Gasteiger partial charge in [-0.05, 0) is 25.7 Å². The Morgan fingerprint density at radius 2 is 1.94 bits per heavy atom. The zero-order chi connectivity index (χ0) is 13.5. The summed E-state index contributed by atoms with van der Waals surface area (Å²) in [4.78, 5) is 22.2. The molecule has 3 atom stereocenters. The summed E-state index contributed by atoms with van der Waals surface area (Å²) in [5.74, 6) is -0.321. The van der Waals surface area contributed by atoms with Crippen LogP contribution in [0.2, 0.25) is 0 Å². The van der Waals surface area contributed by atoms with Crippen molar-refractivity contribution in [1.82, 2.24) is 0 Å². The van der Waals surface area contributed by atoms with E-state index in [9.17, 15) is 9.59 Å². The van der Waals surface area contributed by atoms with Crippen LogP contribution < -0.4 is 0 Å². The number of unbranched alkanes of at least 4 members (excludes halogenated alkanes) is 1. The molecule has 18 heavy (non-hydrogen) atoms. The molecule has 0 bridgehead atoms. The molecule has 0 saturated heterocycles. The van der Waals surface area contributed by atoms with Gasteiger partial charge in [0.1, 0.15) is 12.2 Å². The number of ether oxygens (including phenoxy) is 2. The van der Waals surface area contributed by atoms with Gasteiger partial charge in [-0.3, -0.25) is 9.59 Å². The quantitative estimate of drug-likeness (QED) is 0.686. The van der Waals surface area contributed by atoms with E-state index in [0.717, 1.165) is 38.5 Å². The van der Waals surface area contributed by atoms with Gasteiger partial charge in [0, 0.05) is 19.8 Å². The number of hydrogen-bond donors (Lipinski definition) is 0. The Morgan fingerprint density at radius 1 is 1.22 bits per heavy atom. The van der Waals surface area contributed by atoms with Crippen LogP contribution in [0.5, 0.6) is 0 Å². The van der Waals surface area contributed by atoms with Gasteiger partial charge in [-0.1, -0.05) is 19.8 Å². The van der Waals surface area contributed by atoms with E-state index in [0.29, 0.717) is 0 Å². The second-order valence-corrected chi connectivity index (χ2v) is 5.03. The number of hydrogen-bond acceptors (Lipinski definition) is 4. The molecule has 0 spiro atoms. The van der Waals surface area contributed by atoms with E-state index in [-0.39, 0.29) is 30.1 Å². The summed E-state index contributed by atoms with van der Waals surface area (Å²) in [5, 5.41) is 0. The standard InChI is InChI=1S/C14H24O4/c1-4-5-8-13(17-10(2)15)12-7-6-9-14(12)18-11(3)16/h12-14H,4-9H2,1-3H3. The summed E-state index contributed by atoms with van der Waals surface area (Å²) >= 11 is 0. The van der Waals surface area contributed by atoms with Crippen LogP contribution in [-0.4, -0.2) is 24.1 Å². The molecule has 1 aliphatic rings. The van der Waals surface area contributed by atoms with Gasteiger partial charge in [-0.2, -0.15) is 0 Å². The highest BCUT2D eigenvalue weighted by Gasteiger charge is 2.37. The Balaban J connectivity index is 2.63. The van der Waals surface area contributed by atoms with E-state index in [1.54, 1.807) is 0 Å². The molecule has 0 radical (unpaired) electrons. The summed E-state index contributed by atoms with van der Waals surface area (Å²) in [6.07, 6.45) is 5.67. The molecule has 1 rings (SSSR count). The first-order chi connectivity index (χ1) is 8.54. The zero-order valence-corrected chi connectivity index (χ0v) is 11.6. The van der Waals surface area contributed by atoms with Gasteiger partial charge in [-0.15, -0.1) is 0 Å². The fourth-order valence-corrected chi connectivity index (χ4v) is 2.72. The number of carbonyl (C=O) groups is 2. The molecule has 4 nitrogen and oxygen atoms in total. The normalized spacial score (nSPS) is 24.6. The van der Waals surface area contributed by atoms with Gasteiger partial charge in [-0.25, -0.2) is 0 Å². The van der Waals surface area contributed by atoms with Gasteiger partial charge >= 0.3 is 11.9 Å². The molecule has 0 aliphatic heterocycles. The van der Waals surface area contributed by atoms with Crippen molar-refractivity contribution in [3.8, 4) is 0 Å². The first-order valence-corrected chi connectivity index (χ1v) is 6.89. The van der Waals surface area contributed by atoms with Crippen molar-refractivity contribution in [3.63, 3.8) is 0 Å². The van der Waals surface area contributed by atoms with Crippen molar-refractivity contribution in [2.24, 2.45) is 5.92 Å². The molecule has 0 aromatic heterocycles. The minimum Gasteiger partial charge on any atom is -0.462 e. The fraction of sp³-hybridized carbons (Fsp3) is 0.857. The maximum atomic E-state index is 11.2. The van der Waals surface area contributed by atoms with Crippen molar-refractivity contribution in [3.05, 3.63) is 0 Å². The molecule has 0 amide bonds. The van der Waals surface area contributed by atoms with Crippen LogP contribution in [0.25, 0.3) is 0 Å². The van der Waals surface area contributed by atoms with Crippen molar-refractivity contribution in [1.29, 1.82) is 0 Å². The largest absolute Gasteiger partial charge is 0.462 e. The summed E-state index contributed by atoms with van der Waals surface area (Å²) in [5.41, 5.74) is 0. The lowest BCUT2D eigenvalue weighted by Crippen LogP contribution is -2.33. The van der Waals surface area contributed by atoms with Crippen LogP contribution in [0, 0.1) is 5.92 Å². The van der Waals surface area contributed by atoms with Gasteiger partial charge in [0.25, 0.3) is 0 Å². The number of rotatable bonds is 6. The Kier molecular flexibility index (Phi) is 6.16. The highest BCUT2D eigenvalue weighted by molar-refractivity contribution is 5.66. The third kappa shape index (κ3) is 4.67. The second-order valence-electron chi connectivity index (χ2n) is 5.03. The predicted molar refractivity (Wildman–Crippen MR) is 68.0 cm³/mol. The van der Waals surface area contributed by atoms with E-state index < -0.39 is 0 Å². The first-order valence-electron chi connectivity index (χ1n) is 6.89. The Labute approximate surface area is 109 Å². The van der Waals surface area contributed by atoms with Crippen LogP contribution in [-0.2, 0) is 19.1 Å². The Bertz CT molecular complexity index is 288. The van der Waals surface area contributed by atoms with Crippen LogP contribution in [0.15, 0.2) is 0 Å². The number of carbonyl (C=O) groups excluding carboxylic acids is 2. The average molecular weight is 256 g/mol. The summed E-state index contributed by atoms with van der Waals surface area (Å²) in [6.45, 7) is 4.99. The molecule has 104 valence electrons. The Morgan fingerprint density at radius 3 is 2.50 bits per heavy atom. The third-order valence-corrected chi connectivity index (χ3v) is 3.46. The summed E-state index contributed by atoms with van der Waals surface area (Å²) in [7, 11) is 0. The van der Waals surface area contributed by atoms with Crippen molar-refractivity contribution < 1.29 is 19.1 Å². The molecule has 0 N–H and O–H groups in total. The molecular weight excluding hydrogens is 232 g/mol. The predicted octanol–water partition coefficient (Wildman–Crippen LogP) is 2.84. The van der Waals surface area contributed by atoms with Crippen molar-refractivity contribution in [2.45, 2.75) is 71.5 Å². The van der Waals surface area contributed by atoms with E-state index in [4.69, 9.17) is 9.47 Å². The van der Waals surface area contributed by atoms with Gasteiger partial charge in [0.15, 0.2) is 0 Å². The molecular formula is C14H24O4. The van der Waals surface area contributed by atoms with Crippen LogP contribution in [0.3, 0.4) is 0 Å². The smallest absolute Gasteiger partial charge is 0.302 e. The van der Waals surface area contributed by atoms with E-state index in [2.05, 4.69) is 6.92 Å². The highest BCUT2D eigenvalue weighted by Crippen LogP contribution is 2.34. The molecule has 0 aromatic rings. The van der Waals surface area contributed by atoms with E-state index in [1.165, 1.54) is 13.8 Å². The van der Waals surface area contributed by atoms with Crippen LogP contribution >= 0.6 is 0 Å². The zero-order valence-electron chi connectivity index (χ0n) is 11.6. The molecule has 3 unspecified atom stereocenters. The monoisotopic (exact) mass is 256 g/mol. The maximum Gasteiger partial charge on any atom is 0.302 e. The minimum atomic E-state index is -0.246. The van der Waals surface area contributed by atoms with Gasteiger partial charge in [0.2, 0.25) is 0 Å². The van der Waals surface area contributed by atoms with E-state index in [1.807, 2.05) is 0 Å². The van der Waals surface area contributed by atoms with Gasteiger partial charge in [0.05, 0.1) is 0 Å². The van der Waals surface area contributed by atoms with Gasteiger partial charge < -0.3 is 9.47 Å². The lowest BCUT2D eigenvalue weighted by Gasteiger charge is -2.27. The summed E-state index contributed by atoms with van der Waals surface area (Å²) in [6, 6.07) is 0. The molecule has 4 heteroatoms. The molecule has 1 fully saturated rings. The van der Waals surface area contributed by atoms with Crippen LogP contribution in [0.4, 0.5) is 0 Å². The molecule has 1 saturated carbocycles. The molecule has 0 heterocycles. The van der Waals surface area contributed by atoms with Crippen molar-refractivity contribution in [2.75, 3.05) is 0 Å². The maximum absolute atomic E-state index is 11.2. The Hall–Kier alpha value is -1.06. The van der Waals surface area contributed by atoms with Crippen molar-refractivity contribution >= 4 is 11.9 Å². The van der Waals surface area contributed by atoms with Crippen LogP contribution in [0.1, 0.15) is 59.3 Å². The molecule has 0 aromatic carbocycles. The third-order valence-electron chi connectivity index (χ3n) is 3.46. The van der Waals surface area contributed by atoms with E-state index >= 15 is 0 Å². The number of esters is 2. The lowest BCUT2D eigenvalue weighted by molar-refractivity contribution is -0.157. The minimum absolute atomic E-state index is 0.0799. The topological polar surface area (TPSA) is 52.6 Å². The average Bonchev–Trinajstić information content (AvgIpc) is 2.70. The highest BCUT2D eigenvalue weighted by atomic mass is 16.6. The SMILES string of the molecule is CCCCC(OC(C)=O)C1CCCC1OC(C)=O. The first kappa shape index (κ1) is 15.0. The second kappa shape index (κ2) is 7.39. The molecule has 1 aliphatic carbocycles. The summed E-state index contributed by atoms with van der Waals surface area (Å²) < 4.78 is 10.8.